The van der Waals surface area contributed by atoms with Gasteiger partial charge in [-0.2, -0.15) is 0 Å². The molecule has 0 bridgehead atoms. The minimum absolute atomic E-state index is 0.120. The van der Waals surface area contributed by atoms with Gasteiger partial charge in [0.25, 0.3) is 5.91 Å². The van der Waals surface area contributed by atoms with E-state index in [1.54, 1.807) is 23.5 Å². The van der Waals surface area contributed by atoms with Gasteiger partial charge in [-0.05, 0) is 61.9 Å². The van der Waals surface area contributed by atoms with Crippen LogP contribution in [0, 0.1) is 6.92 Å². The molecule has 1 aromatic carbocycles. The molecule has 1 heterocycles. The van der Waals surface area contributed by atoms with Gasteiger partial charge < -0.3 is 10.4 Å². The fraction of sp³-hybridized carbons (Fsp3) is 0.294. The maximum atomic E-state index is 12.4. The predicted octanol–water partition coefficient (Wildman–Crippen LogP) is 3.89. The number of carbonyl (C=O) groups excluding carboxylic acids is 1. The Morgan fingerprint density at radius 2 is 1.91 bits per heavy atom. The summed E-state index contributed by atoms with van der Waals surface area (Å²) in [6, 6.07) is 6.10. The summed E-state index contributed by atoms with van der Waals surface area (Å²) in [6.07, 6.45) is 4.59. The van der Waals surface area contributed by atoms with Crippen molar-refractivity contribution in [3.8, 4) is 0 Å². The molecule has 1 aliphatic rings. The summed E-state index contributed by atoms with van der Waals surface area (Å²) in [4.78, 5) is 24.7. The molecule has 0 aliphatic heterocycles. The summed E-state index contributed by atoms with van der Waals surface area (Å²) in [6.45, 7) is 2.05. The number of carbonyl (C=O) groups is 2. The van der Waals surface area contributed by atoms with E-state index < -0.39 is 5.97 Å². The van der Waals surface area contributed by atoms with Gasteiger partial charge in [0, 0.05) is 10.4 Å². The van der Waals surface area contributed by atoms with Crippen LogP contribution >= 0.6 is 11.3 Å². The average molecular weight is 315 g/mol. The van der Waals surface area contributed by atoms with Crippen molar-refractivity contribution in [3.05, 3.63) is 51.4 Å². The molecule has 2 N–H and O–H groups in total. The van der Waals surface area contributed by atoms with E-state index in [9.17, 15) is 9.59 Å². The van der Waals surface area contributed by atoms with Crippen LogP contribution in [0.25, 0.3) is 0 Å². The van der Waals surface area contributed by atoms with E-state index in [1.165, 1.54) is 35.4 Å². The van der Waals surface area contributed by atoms with Gasteiger partial charge in [-0.3, -0.25) is 4.79 Å². The molecule has 0 spiro atoms. The summed E-state index contributed by atoms with van der Waals surface area (Å²) in [7, 11) is 0. The van der Waals surface area contributed by atoms with E-state index >= 15 is 0 Å². The van der Waals surface area contributed by atoms with Gasteiger partial charge in [-0.25, -0.2) is 4.79 Å². The number of carboxylic acids is 1. The Bertz CT molecular complexity index is 748. The number of benzene rings is 1. The fourth-order valence-electron chi connectivity index (χ4n) is 2.81. The summed E-state index contributed by atoms with van der Waals surface area (Å²) in [5.41, 5.74) is 3.02. The lowest BCUT2D eigenvalue weighted by atomic mass is 9.96. The maximum Gasteiger partial charge on any atom is 0.335 e. The van der Waals surface area contributed by atoms with E-state index in [0.29, 0.717) is 5.56 Å². The number of hydrogen-bond donors (Lipinski definition) is 2. The Labute approximate surface area is 132 Å². The molecule has 3 rings (SSSR count). The molecule has 4 nitrogen and oxygen atoms in total. The highest BCUT2D eigenvalue weighted by Gasteiger charge is 2.19. The Hall–Kier alpha value is -2.14. The minimum atomic E-state index is -1.03. The van der Waals surface area contributed by atoms with Crippen molar-refractivity contribution in [2.75, 3.05) is 5.32 Å². The summed E-state index contributed by atoms with van der Waals surface area (Å²) in [5.74, 6) is -1.29. The van der Waals surface area contributed by atoms with Crippen molar-refractivity contribution < 1.29 is 14.7 Å². The lowest BCUT2D eigenvalue weighted by Crippen LogP contribution is -2.12. The summed E-state index contributed by atoms with van der Waals surface area (Å²) < 4.78 is 0. The molecule has 0 radical (unpaired) electrons. The van der Waals surface area contributed by atoms with Crippen molar-refractivity contribution in [3.63, 3.8) is 0 Å². The lowest BCUT2D eigenvalue weighted by molar-refractivity contribution is 0.0697. The second kappa shape index (κ2) is 5.93. The molecule has 0 atom stereocenters. The fourth-order valence-corrected chi connectivity index (χ4v) is 4.10. The van der Waals surface area contributed by atoms with Crippen LogP contribution in [0.15, 0.2) is 24.3 Å². The van der Waals surface area contributed by atoms with Crippen LogP contribution in [0.5, 0.6) is 0 Å². The van der Waals surface area contributed by atoms with E-state index in [4.69, 9.17) is 5.11 Å². The smallest absolute Gasteiger partial charge is 0.335 e. The van der Waals surface area contributed by atoms with Gasteiger partial charge in [-0.15, -0.1) is 11.3 Å². The molecule has 0 unspecified atom stereocenters. The molecule has 2 aromatic rings. The molecule has 0 saturated carbocycles. The Kier molecular flexibility index (Phi) is 3.98. The maximum absolute atomic E-state index is 12.4. The first-order chi connectivity index (χ1) is 10.6. The molecule has 1 aliphatic carbocycles. The van der Waals surface area contributed by atoms with Crippen molar-refractivity contribution in [1.29, 1.82) is 0 Å². The van der Waals surface area contributed by atoms with E-state index in [2.05, 4.69) is 5.32 Å². The normalized spacial score (nSPS) is 13.5. The Morgan fingerprint density at radius 3 is 2.64 bits per heavy atom. The van der Waals surface area contributed by atoms with Crippen LogP contribution in [0.1, 0.15) is 49.6 Å². The predicted molar refractivity (Wildman–Crippen MR) is 87.1 cm³/mol. The first-order valence-corrected chi connectivity index (χ1v) is 8.14. The zero-order valence-electron chi connectivity index (χ0n) is 12.3. The molecule has 1 amide bonds. The molecule has 1 aromatic heterocycles. The number of rotatable bonds is 3. The lowest BCUT2D eigenvalue weighted by Gasteiger charge is -2.10. The first kappa shape index (κ1) is 14.8. The van der Waals surface area contributed by atoms with Gasteiger partial charge in [0.05, 0.1) is 10.6 Å². The largest absolute Gasteiger partial charge is 0.478 e. The number of hydrogen-bond acceptors (Lipinski definition) is 3. The van der Waals surface area contributed by atoms with Crippen molar-refractivity contribution in [2.24, 2.45) is 0 Å². The first-order valence-electron chi connectivity index (χ1n) is 7.32. The third-order valence-electron chi connectivity index (χ3n) is 4.03. The molecule has 114 valence electrons. The minimum Gasteiger partial charge on any atom is -0.478 e. The van der Waals surface area contributed by atoms with Gasteiger partial charge in [0.1, 0.15) is 0 Å². The standard InChI is InChI=1S/C17H17NO3S/c1-10-13-7-2-3-8-14(13)22-16(10)18-15(19)11-5-4-6-12(9-11)17(20)21/h4-6,9H,2-3,7-8H2,1H3,(H,18,19)(H,20,21). The number of aryl methyl sites for hydroxylation is 1. The van der Waals surface area contributed by atoms with Crippen LogP contribution in [0.3, 0.4) is 0 Å². The molecule has 0 saturated heterocycles. The van der Waals surface area contributed by atoms with Crippen LogP contribution in [0.4, 0.5) is 5.00 Å². The number of amides is 1. The highest BCUT2D eigenvalue weighted by atomic mass is 32.1. The number of fused-ring (bicyclic) bond motifs is 1. The van der Waals surface area contributed by atoms with Crippen LogP contribution in [0.2, 0.25) is 0 Å². The van der Waals surface area contributed by atoms with Crippen molar-refractivity contribution in [1.82, 2.24) is 0 Å². The molecular formula is C17H17NO3S. The number of anilines is 1. The SMILES string of the molecule is Cc1c(NC(=O)c2cccc(C(=O)O)c2)sc2c1CCCC2. The van der Waals surface area contributed by atoms with Gasteiger partial charge >= 0.3 is 5.97 Å². The third-order valence-corrected chi connectivity index (χ3v) is 5.34. The summed E-state index contributed by atoms with van der Waals surface area (Å²) >= 11 is 1.65. The number of aromatic carboxylic acids is 1. The monoisotopic (exact) mass is 315 g/mol. The average Bonchev–Trinajstić information content (AvgIpc) is 2.84. The molecule has 5 heteroatoms. The van der Waals surface area contributed by atoms with Crippen LogP contribution in [-0.2, 0) is 12.8 Å². The quantitative estimate of drug-likeness (QED) is 0.903. The van der Waals surface area contributed by atoms with Crippen LogP contribution in [-0.4, -0.2) is 17.0 Å². The Balaban J connectivity index is 1.84. The van der Waals surface area contributed by atoms with E-state index in [0.717, 1.165) is 23.4 Å². The second-order valence-electron chi connectivity index (χ2n) is 5.51. The number of carboxylic acid groups (broad SMARTS) is 1. The van der Waals surface area contributed by atoms with Crippen LogP contribution < -0.4 is 5.32 Å². The topological polar surface area (TPSA) is 66.4 Å². The van der Waals surface area contributed by atoms with Crippen molar-refractivity contribution in [2.45, 2.75) is 32.6 Å². The molecular weight excluding hydrogens is 298 g/mol. The molecule has 0 fully saturated rings. The van der Waals surface area contributed by atoms with Gasteiger partial charge in [-0.1, -0.05) is 6.07 Å². The number of nitrogens with one attached hydrogen (secondary N) is 1. The van der Waals surface area contributed by atoms with Gasteiger partial charge in [0.15, 0.2) is 0 Å². The zero-order valence-corrected chi connectivity index (χ0v) is 13.1. The van der Waals surface area contributed by atoms with E-state index in [-0.39, 0.29) is 11.5 Å². The van der Waals surface area contributed by atoms with Crippen molar-refractivity contribution >= 4 is 28.2 Å². The van der Waals surface area contributed by atoms with Gasteiger partial charge in [0.2, 0.25) is 0 Å². The Morgan fingerprint density at radius 1 is 1.18 bits per heavy atom. The molecule has 22 heavy (non-hydrogen) atoms. The third kappa shape index (κ3) is 2.76. The highest BCUT2D eigenvalue weighted by molar-refractivity contribution is 7.16. The zero-order chi connectivity index (χ0) is 15.7. The number of thiophene rings is 1. The summed E-state index contributed by atoms with van der Waals surface area (Å²) in [5, 5.41) is 12.8. The highest BCUT2D eigenvalue weighted by Crippen LogP contribution is 2.37. The van der Waals surface area contributed by atoms with E-state index in [1.807, 2.05) is 6.92 Å². The second-order valence-corrected chi connectivity index (χ2v) is 6.61.